The van der Waals surface area contributed by atoms with E-state index in [1.807, 2.05) is 6.92 Å². The number of aliphatic hydroxyl groups is 1. The number of aliphatic hydroxyl groups excluding tert-OH is 1. The number of ether oxygens (including phenoxy) is 1. The molecule has 0 aliphatic heterocycles. The van der Waals surface area contributed by atoms with Crippen LogP contribution in [0.2, 0.25) is 0 Å². The van der Waals surface area contributed by atoms with Crippen LogP contribution >= 0.6 is 0 Å². The van der Waals surface area contributed by atoms with Crippen LogP contribution < -0.4 is 10.2 Å². The molecule has 1 N–H and O–H groups in total. The first-order valence-corrected chi connectivity index (χ1v) is 3.88. The van der Waals surface area contributed by atoms with E-state index in [2.05, 4.69) is 6.58 Å². The SMILES string of the molecule is [B]c1cc(C(=C)O)c(OC)cc1C. The summed E-state index contributed by atoms with van der Waals surface area (Å²) in [5.41, 5.74) is 2.07. The van der Waals surface area contributed by atoms with Crippen LogP contribution in [0, 0.1) is 6.92 Å². The van der Waals surface area contributed by atoms with Crippen LogP contribution in [0.4, 0.5) is 0 Å². The maximum atomic E-state index is 9.22. The Morgan fingerprint density at radius 2 is 2.15 bits per heavy atom. The smallest absolute Gasteiger partial charge is 0.129 e. The standard InChI is InChI=1S/C10H11BO2/c1-6-4-10(13-3)8(7(2)12)5-9(6)11/h4-5,12H,2H2,1,3H3. The minimum Gasteiger partial charge on any atom is -0.508 e. The van der Waals surface area contributed by atoms with Gasteiger partial charge in [-0.1, -0.05) is 23.7 Å². The van der Waals surface area contributed by atoms with Crippen LogP contribution in [-0.4, -0.2) is 20.1 Å². The lowest BCUT2D eigenvalue weighted by Crippen LogP contribution is -2.09. The van der Waals surface area contributed by atoms with E-state index >= 15 is 0 Å². The lowest BCUT2D eigenvalue weighted by molar-refractivity contribution is 0.408. The fraction of sp³-hybridized carbons (Fsp3) is 0.200. The van der Waals surface area contributed by atoms with Crippen LogP contribution in [0.3, 0.4) is 0 Å². The molecule has 0 spiro atoms. The molecule has 0 atom stereocenters. The summed E-state index contributed by atoms with van der Waals surface area (Å²) in [6.07, 6.45) is 0. The molecule has 0 amide bonds. The quantitative estimate of drug-likeness (QED) is 0.541. The Balaban J connectivity index is 3.33. The van der Waals surface area contributed by atoms with Gasteiger partial charge >= 0.3 is 0 Å². The molecule has 1 aromatic carbocycles. The van der Waals surface area contributed by atoms with Gasteiger partial charge in [-0.2, -0.15) is 0 Å². The molecule has 2 radical (unpaired) electrons. The van der Waals surface area contributed by atoms with Crippen molar-refractivity contribution < 1.29 is 9.84 Å². The fourth-order valence-electron chi connectivity index (χ4n) is 1.09. The zero-order valence-electron chi connectivity index (χ0n) is 7.79. The minimum absolute atomic E-state index is 0.0384. The number of hydrogen-bond acceptors (Lipinski definition) is 2. The molecule has 0 saturated carbocycles. The van der Waals surface area contributed by atoms with E-state index in [9.17, 15) is 5.11 Å². The second-order valence-corrected chi connectivity index (χ2v) is 2.86. The van der Waals surface area contributed by atoms with Gasteiger partial charge in [-0.05, 0) is 13.0 Å². The summed E-state index contributed by atoms with van der Waals surface area (Å²) in [5.74, 6) is 0.544. The second-order valence-electron chi connectivity index (χ2n) is 2.86. The summed E-state index contributed by atoms with van der Waals surface area (Å²) in [5, 5.41) is 9.22. The average molecular weight is 174 g/mol. The third-order valence-electron chi connectivity index (χ3n) is 1.90. The van der Waals surface area contributed by atoms with Crippen LogP contribution in [0.5, 0.6) is 5.75 Å². The molecule has 3 heteroatoms. The van der Waals surface area contributed by atoms with Crippen LogP contribution in [-0.2, 0) is 0 Å². The number of aryl methyl sites for hydroxylation is 1. The van der Waals surface area contributed by atoms with E-state index in [1.165, 1.54) is 7.11 Å². The Labute approximate surface area is 79.3 Å². The molecule has 0 unspecified atom stereocenters. The predicted octanol–water partition coefficient (Wildman–Crippen LogP) is 1.33. The highest BCUT2D eigenvalue weighted by Gasteiger charge is 2.07. The largest absolute Gasteiger partial charge is 0.508 e. The Bertz CT molecular complexity index is 345. The van der Waals surface area contributed by atoms with Crippen molar-refractivity contribution in [3.8, 4) is 5.75 Å². The van der Waals surface area contributed by atoms with Gasteiger partial charge in [-0.3, -0.25) is 0 Å². The van der Waals surface area contributed by atoms with Crippen molar-refractivity contribution in [2.75, 3.05) is 7.11 Å². The first-order chi connectivity index (χ1) is 6.06. The molecule has 1 aromatic rings. The van der Waals surface area contributed by atoms with Gasteiger partial charge in [0.2, 0.25) is 0 Å². The van der Waals surface area contributed by atoms with Crippen LogP contribution in [0.15, 0.2) is 18.7 Å². The molecular weight excluding hydrogens is 163 g/mol. The van der Waals surface area contributed by atoms with Crippen molar-refractivity contribution in [2.45, 2.75) is 6.92 Å². The van der Waals surface area contributed by atoms with E-state index < -0.39 is 0 Å². The Hall–Kier alpha value is -1.38. The molecule has 0 aliphatic rings. The van der Waals surface area contributed by atoms with Gasteiger partial charge in [0.25, 0.3) is 0 Å². The molecule has 2 nitrogen and oxygen atoms in total. The molecule has 0 aliphatic carbocycles. The second kappa shape index (κ2) is 3.56. The number of methoxy groups -OCH3 is 1. The van der Waals surface area contributed by atoms with E-state index in [1.54, 1.807) is 12.1 Å². The molecule has 0 fully saturated rings. The summed E-state index contributed by atoms with van der Waals surface area (Å²) in [6.45, 7) is 5.30. The highest BCUT2D eigenvalue weighted by molar-refractivity contribution is 6.33. The van der Waals surface area contributed by atoms with Gasteiger partial charge < -0.3 is 9.84 Å². The zero-order chi connectivity index (χ0) is 10.0. The van der Waals surface area contributed by atoms with E-state index in [-0.39, 0.29) is 5.76 Å². The maximum absolute atomic E-state index is 9.22. The van der Waals surface area contributed by atoms with E-state index in [4.69, 9.17) is 12.6 Å². The molecular formula is C10H11BO2. The summed E-state index contributed by atoms with van der Waals surface area (Å²) < 4.78 is 5.07. The summed E-state index contributed by atoms with van der Waals surface area (Å²) in [7, 11) is 7.21. The highest BCUT2D eigenvalue weighted by atomic mass is 16.5. The Morgan fingerprint density at radius 1 is 1.54 bits per heavy atom. The summed E-state index contributed by atoms with van der Waals surface area (Å²) in [4.78, 5) is 0. The third kappa shape index (κ3) is 1.86. The van der Waals surface area contributed by atoms with Crippen LogP contribution in [0.25, 0.3) is 5.76 Å². The first kappa shape index (κ1) is 9.71. The number of rotatable bonds is 2. The topological polar surface area (TPSA) is 29.5 Å². The summed E-state index contributed by atoms with van der Waals surface area (Å²) >= 11 is 0. The molecule has 0 aromatic heterocycles. The summed E-state index contributed by atoms with van der Waals surface area (Å²) in [6, 6.07) is 3.42. The molecule has 0 bridgehead atoms. The van der Waals surface area contributed by atoms with Crippen molar-refractivity contribution in [3.05, 3.63) is 29.8 Å². The Morgan fingerprint density at radius 3 is 2.62 bits per heavy atom. The van der Waals surface area contributed by atoms with Crippen molar-refractivity contribution in [2.24, 2.45) is 0 Å². The zero-order valence-corrected chi connectivity index (χ0v) is 7.79. The first-order valence-electron chi connectivity index (χ1n) is 3.88. The normalized spacial score (nSPS) is 9.69. The van der Waals surface area contributed by atoms with Gasteiger partial charge in [0.15, 0.2) is 0 Å². The molecule has 66 valence electrons. The monoisotopic (exact) mass is 174 g/mol. The lowest BCUT2D eigenvalue weighted by atomic mass is 9.89. The fourth-order valence-corrected chi connectivity index (χ4v) is 1.09. The molecule has 0 saturated heterocycles. The predicted molar refractivity (Wildman–Crippen MR) is 54.8 cm³/mol. The molecule has 1 rings (SSSR count). The van der Waals surface area contributed by atoms with Gasteiger partial charge in [0, 0.05) is 0 Å². The van der Waals surface area contributed by atoms with Gasteiger partial charge in [-0.15, -0.1) is 0 Å². The third-order valence-corrected chi connectivity index (χ3v) is 1.90. The van der Waals surface area contributed by atoms with Crippen molar-refractivity contribution in [1.82, 2.24) is 0 Å². The van der Waals surface area contributed by atoms with Gasteiger partial charge in [-0.25, -0.2) is 0 Å². The number of hydrogen-bond donors (Lipinski definition) is 1. The lowest BCUT2D eigenvalue weighted by Gasteiger charge is -2.10. The van der Waals surface area contributed by atoms with Gasteiger partial charge in [0.1, 0.15) is 19.4 Å². The molecule has 0 heterocycles. The Kier molecular flexibility index (Phi) is 2.66. The van der Waals surface area contributed by atoms with E-state index in [0.29, 0.717) is 16.8 Å². The van der Waals surface area contributed by atoms with Crippen molar-refractivity contribution >= 4 is 19.1 Å². The average Bonchev–Trinajstić information content (AvgIpc) is 2.08. The minimum atomic E-state index is -0.0384. The van der Waals surface area contributed by atoms with Crippen LogP contribution in [0.1, 0.15) is 11.1 Å². The maximum Gasteiger partial charge on any atom is 0.129 e. The highest BCUT2D eigenvalue weighted by Crippen LogP contribution is 2.23. The molecule has 13 heavy (non-hydrogen) atoms. The van der Waals surface area contributed by atoms with Crippen molar-refractivity contribution in [1.29, 1.82) is 0 Å². The number of benzene rings is 1. The van der Waals surface area contributed by atoms with E-state index in [0.717, 1.165) is 5.56 Å². The van der Waals surface area contributed by atoms with Gasteiger partial charge in [0.05, 0.1) is 12.7 Å². The van der Waals surface area contributed by atoms with Crippen molar-refractivity contribution in [3.63, 3.8) is 0 Å².